The minimum absolute atomic E-state index is 0.107. The van der Waals surface area contributed by atoms with E-state index in [1.165, 1.54) is 25.7 Å². The molecule has 4 aliphatic rings. The molecule has 118 valence electrons. The van der Waals surface area contributed by atoms with Crippen LogP contribution >= 0.6 is 0 Å². The maximum Gasteiger partial charge on any atom is 0.0650 e. The highest BCUT2D eigenvalue weighted by molar-refractivity contribution is 5.25. The largest absolute Gasteiger partial charge is 0.393 e. The van der Waals surface area contributed by atoms with Crippen molar-refractivity contribution in [2.24, 2.45) is 29.1 Å². The molecular formula is C19H30O2. The van der Waals surface area contributed by atoms with Crippen molar-refractivity contribution >= 4 is 0 Å². The zero-order valence-electron chi connectivity index (χ0n) is 13.5. The molecule has 0 spiro atoms. The number of hydrogen-bond donors (Lipinski definition) is 2. The molecule has 0 heterocycles. The molecule has 0 aromatic heterocycles. The Kier molecular flexibility index (Phi) is 3.11. The second kappa shape index (κ2) is 4.58. The van der Waals surface area contributed by atoms with Gasteiger partial charge in [-0.15, -0.1) is 0 Å². The van der Waals surface area contributed by atoms with Gasteiger partial charge in [0, 0.05) is 0 Å². The summed E-state index contributed by atoms with van der Waals surface area (Å²) in [4.78, 5) is 0. The van der Waals surface area contributed by atoms with Crippen molar-refractivity contribution < 1.29 is 10.2 Å². The monoisotopic (exact) mass is 290 g/mol. The van der Waals surface area contributed by atoms with Crippen LogP contribution in [0, 0.1) is 29.1 Å². The molecule has 0 aromatic carbocycles. The van der Waals surface area contributed by atoms with Crippen LogP contribution in [0.3, 0.4) is 0 Å². The van der Waals surface area contributed by atoms with Crippen LogP contribution in [-0.2, 0) is 0 Å². The van der Waals surface area contributed by atoms with Gasteiger partial charge in [0.1, 0.15) is 0 Å². The van der Waals surface area contributed by atoms with Gasteiger partial charge >= 0.3 is 0 Å². The van der Waals surface area contributed by atoms with E-state index < -0.39 is 5.60 Å². The van der Waals surface area contributed by atoms with Crippen LogP contribution in [0.5, 0.6) is 0 Å². The van der Waals surface area contributed by atoms with Crippen LogP contribution in [0.15, 0.2) is 11.6 Å². The molecule has 3 fully saturated rings. The maximum absolute atomic E-state index is 10.7. The molecule has 3 saturated carbocycles. The lowest BCUT2D eigenvalue weighted by Crippen LogP contribution is -2.49. The van der Waals surface area contributed by atoms with Crippen molar-refractivity contribution in [1.82, 2.24) is 0 Å². The fourth-order valence-electron chi connectivity index (χ4n) is 6.58. The summed E-state index contributed by atoms with van der Waals surface area (Å²) in [6, 6.07) is 0. The van der Waals surface area contributed by atoms with Gasteiger partial charge < -0.3 is 10.2 Å². The minimum atomic E-state index is -0.413. The molecule has 4 aliphatic carbocycles. The predicted octanol–water partition coefficient (Wildman–Crippen LogP) is 3.67. The van der Waals surface area contributed by atoms with Gasteiger partial charge in [-0.2, -0.15) is 0 Å². The van der Waals surface area contributed by atoms with Crippen LogP contribution < -0.4 is 0 Å². The van der Waals surface area contributed by atoms with E-state index in [0.717, 1.165) is 43.4 Å². The SMILES string of the molecule is CC1(O)CCC2C3CC=C4CC(O)CCC4(C)C3CCC21. The lowest BCUT2D eigenvalue weighted by Gasteiger charge is -2.55. The number of hydrogen-bond acceptors (Lipinski definition) is 2. The molecule has 4 rings (SSSR count). The first kappa shape index (κ1) is 14.3. The van der Waals surface area contributed by atoms with Crippen molar-refractivity contribution in [3.8, 4) is 0 Å². The molecular weight excluding hydrogens is 260 g/mol. The summed E-state index contributed by atoms with van der Waals surface area (Å²) >= 11 is 0. The third kappa shape index (κ3) is 1.98. The Labute approximate surface area is 128 Å². The Morgan fingerprint density at radius 1 is 1.00 bits per heavy atom. The minimum Gasteiger partial charge on any atom is -0.393 e. The first-order chi connectivity index (χ1) is 9.92. The molecule has 7 unspecified atom stereocenters. The van der Waals surface area contributed by atoms with Gasteiger partial charge in [-0.3, -0.25) is 0 Å². The number of rotatable bonds is 0. The van der Waals surface area contributed by atoms with E-state index in [2.05, 4.69) is 19.9 Å². The summed E-state index contributed by atoms with van der Waals surface area (Å²) in [5.41, 5.74) is 1.47. The molecule has 2 N–H and O–H groups in total. The van der Waals surface area contributed by atoms with Gasteiger partial charge in [-0.1, -0.05) is 18.6 Å². The lowest BCUT2D eigenvalue weighted by atomic mass is 9.50. The molecule has 2 nitrogen and oxygen atoms in total. The summed E-state index contributed by atoms with van der Waals surface area (Å²) in [5.74, 6) is 2.84. The first-order valence-corrected chi connectivity index (χ1v) is 9.02. The highest BCUT2D eigenvalue weighted by Crippen LogP contribution is 2.62. The highest BCUT2D eigenvalue weighted by Gasteiger charge is 2.56. The van der Waals surface area contributed by atoms with E-state index >= 15 is 0 Å². The van der Waals surface area contributed by atoms with E-state index in [-0.39, 0.29) is 6.10 Å². The summed E-state index contributed by atoms with van der Waals surface area (Å²) < 4.78 is 0. The molecule has 0 radical (unpaired) electrons. The molecule has 0 amide bonds. The van der Waals surface area contributed by atoms with E-state index in [0.29, 0.717) is 11.3 Å². The average molecular weight is 290 g/mol. The van der Waals surface area contributed by atoms with Gasteiger partial charge in [0.05, 0.1) is 11.7 Å². The van der Waals surface area contributed by atoms with Crippen molar-refractivity contribution in [2.45, 2.75) is 76.9 Å². The Bertz CT molecular complexity index is 466. The van der Waals surface area contributed by atoms with Crippen LogP contribution in [0.1, 0.15) is 65.2 Å². The Balaban J connectivity index is 1.65. The number of allylic oxidation sites excluding steroid dienone is 1. The normalized spacial score (nSPS) is 56.2. The Hall–Kier alpha value is -0.340. The van der Waals surface area contributed by atoms with Gasteiger partial charge in [0.25, 0.3) is 0 Å². The van der Waals surface area contributed by atoms with E-state index in [1.807, 2.05) is 0 Å². The Morgan fingerprint density at radius 3 is 2.57 bits per heavy atom. The van der Waals surface area contributed by atoms with Crippen molar-refractivity contribution in [2.75, 3.05) is 0 Å². The molecule has 0 aliphatic heterocycles. The predicted molar refractivity (Wildman–Crippen MR) is 83.7 cm³/mol. The third-order valence-electron chi connectivity index (χ3n) is 7.80. The quantitative estimate of drug-likeness (QED) is 0.668. The van der Waals surface area contributed by atoms with Gasteiger partial charge in [0.15, 0.2) is 0 Å². The number of aliphatic hydroxyl groups excluding tert-OH is 1. The highest BCUT2D eigenvalue weighted by atomic mass is 16.3. The summed E-state index contributed by atoms with van der Waals surface area (Å²) in [7, 11) is 0. The molecule has 21 heavy (non-hydrogen) atoms. The molecule has 7 atom stereocenters. The average Bonchev–Trinajstić information content (AvgIpc) is 2.76. The van der Waals surface area contributed by atoms with Crippen LogP contribution in [0.4, 0.5) is 0 Å². The fraction of sp³-hybridized carbons (Fsp3) is 0.895. The topological polar surface area (TPSA) is 40.5 Å². The van der Waals surface area contributed by atoms with Gasteiger partial charge in [-0.25, -0.2) is 0 Å². The van der Waals surface area contributed by atoms with Crippen LogP contribution in [-0.4, -0.2) is 21.9 Å². The fourth-order valence-corrected chi connectivity index (χ4v) is 6.58. The standard InChI is InChI=1S/C19H30O2/c1-18-9-7-13(20)11-12(18)3-4-14-15-8-10-19(2,21)17(15)6-5-16(14)18/h3,13-17,20-21H,4-11H2,1-2H3. The van der Waals surface area contributed by atoms with E-state index in [9.17, 15) is 10.2 Å². The third-order valence-corrected chi connectivity index (χ3v) is 7.80. The Morgan fingerprint density at radius 2 is 1.76 bits per heavy atom. The second-order valence-electron chi connectivity index (χ2n) is 8.79. The smallest absolute Gasteiger partial charge is 0.0650 e. The zero-order valence-corrected chi connectivity index (χ0v) is 13.5. The molecule has 2 heteroatoms. The van der Waals surface area contributed by atoms with Crippen molar-refractivity contribution in [1.29, 1.82) is 0 Å². The first-order valence-electron chi connectivity index (χ1n) is 9.02. The van der Waals surface area contributed by atoms with Crippen LogP contribution in [0.2, 0.25) is 0 Å². The second-order valence-corrected chi connectivity index (χ2v) is 8.79. The van der Waals surface area contributed by atoms with Crippen molar-refractivity contribution in [3.63, 3.8) is 0 Å². The van der Waals surface area contributed by atoms with E-state index in [4.69, 9.17) is 0 Å². The van der Waals surface area contributed by atoms with Crippen molar-refractivity contribution in [3.05, 3.63) is 11.6 Å². The van der Waals surface area contributed by atoms with E-state index in [1.54, 1.807) is 5.57 Å². The zero-order chi connectivity index (χ0) is 14.8. The molecule has 0 aromatic rings. The summed E-state index contributed by atoms with van der Waals surface area (Å²) in [6.45, 7) is 4.54. The van der Waals surface area contributed by atoms with Gasteiger partial charge in [-0.05, 0) is 87.4 Å². The molecule has 0 saturated heterocycles. The number of fused-ring (bicyclic) bond motifs is 5. The summed E-state index contributed by atoms with van der Waals surface area (Å²) in [6.07, 6.45) is 11.3. The summed E-state index contributed by atoms with van der Waals surface area (Å²) in [5, 5.41) is 20.7. The lowest BCUT2D eigenvalue weighted by molar-refractivity contribution is -0.0566. The number of aliphatic hydroxyl groups is 2. The maximum atomic E-state index is 10.7. The molecule has 0 bridgehead atoms. The van der Waals surface area contributed by atoms with Gasteiger partial charge in [0.2, 0.25) is 0 Å². The van der Waals surface area contributed by atoms with Crippen LogP contribution in [0.25, 0.3) is 0 Å².